The van der Waals surface area contributed by atoms with Gasteiger partial charge in [0.25, 0.3) is 5.91 Å². The fourth-order valence-corrected chi connectivity index (χ4v) is 4.70. The van der Waals surface area contributed by atoms with Crippen LogP contribution in [-0.4, -0.2) is 33.0 Å². The molecule has 0 aliphatic carbocycles. The summed E-state index contributed by atoms with van der Waals surface area (Å²) in [7, 11) is 0. The van der Waals surface area contributed by atoms with E-state index >= 15 is 0 Å². The third kappa shape index (κ3) is 6.78. The van der Waals surface area contributed by atoms with E-state index < -0.39 is 17.9 Å². The summed E-state index contributed by atoms with van der Waals surface area (Å²) in [6, 6.07) is 32.2. The van der Waals surface area contributed by atoms with Gasteiger partial charge in [-0.25, -0.2) is 14.8 Å². The molecule has 1 amide bonds. The van der Waals surface area contributed by atoms with Crippen molar-refractivity contribution in [3.05, 3.63) is 132 Å². The monoisotopic (exact) mass is 555 g/mol. The maximum atomic E-state index is 12.8. The number of hydrogen-bond acceptors (Lipinski definition) is 4. The molecule has 0 radical (unpaired) electrons. The number of nitrogens with one attached hydrogen (secondary N) is 1. The van der Waals surface area contributed by atoms with Crippen LogP contribution in [0.1, 0.15) is 42.3 Å². The lowest BCUT2D eigenvalue weighted by molar-refractivity contribution is -0.139. The molecule has 0 fully saturated rings. The van der Waals surface area contributed by atoms with Gasteiger partial charge < -0.3 is 10.4 Å². The number of carbonyl (C=O) groups excluding carboxylic acids is 1. The number of amides is 1. The Hall–Kier alpha value is -5.10. The molecule has 1 atom stereocenters. The molecule has 0 saturated carbocycles. The van der Waals surface area contributed by atoms with Crippen molar-refractivity contribution in [2.24, 2.45) is 0 Å². The summed E-state index contributed by atoms with van der Waals surface area (Å²) in [6.45, 7) is 6.29. The first-order valence-corrected chi connectivity index (χ1v) is 13.9. The fraction of sp³-hybridized carbons (Fsp3) is 0.167. The van der Waals surface area contributed by atoms with Crippen molar-refractivity contribution in [3.63, 3.8) is 0 Å². The van der Waals surface area contributed by atoms with Gasteiger partial charge in [-0.15, -0.1) is 0 Å². The van der Waals surface area contributed by atoms with Crippen LogP contribution < -0.4 is 5.32 Å². The van der Waals surface area contributed by atoms with E-state index in [0.29, 0.717) is 11.4 Å². The van der Waals surface area contributed by atoms with E-state index in [1.807, 2.05) is 54.6 Å². The minimum Gasteiger partial charge on any atom is -0.480 e. The number of carbonyl (C=O) groups is 2. The number of aromatic nitrogens is 2. The van der Waals surface area contributed by atoms with Crippen molar-refractivity contribution < 1.29 is 14.7 Å². The predicted octanol–water partition coefficient (Wildman–Crippen LogP) is 7.20. The summed E-state index contributed by atoms with van der Waals surface area (Å²) < 4.78 is 0. The molecule has 0 aliphatic rings. The lowest BCUT2D eigenvalue weighted by atomic mass is 9.86. The van der Waals surface area contributed by atoms with Crippen LogP contribution >= 0.6 is 0 Å². The van der Waals surface area contributed by atoms with Crippen LogP contribution in [0.3, 0.4) is 0 Å². The van der Waals surface area contributed by atoms with Gasteiger partial charge in [0.15, 0.2) is 5.82 Å². The summed E-state index contributed by atoms with van der Waals surface area (Å²) >= 11 is 0. The molecule has 0 spiro atoms. The number of nitrogens with zero attached hydrogens (tertiary/aromatic N) is 2. The molecule has 210 valence electrons. The first kappa shape index (κ1) is 28.4. The van der Waals surface area contributed by atoms with Crippen molar-refractivity contribution in [2.75, 3.05) is 0 Å². The van der Waals surface area contributed by atoms with Crippen LogP contribution in [0.15, 0.2) is 116 Å². The molecule has 1 aromatic heterocycles. The van der Waals surface area contributed by atoms with E-state index in [4.69, 9.17) is 0 Å². The van der Waals surface area contributed by atoms with Crippen LogP contribution in [0.25, 0.3) is 33.6 Å². The van der Waals surface area contributed by atoms with Gasteiger partial charge in [-0.2, -0.15) is 0 Å². The third-order valence-electron chi connectivity index (χ3n) is 7.25. The number of rotatable bonds is 8. The fourth-order valence-electron chi connectivity index (χ4n) is 4.70. The molecular formula is C36H33N3O3. The zero-order valence-electron chi connectivity index (χ0n) is 23.9. The predicted molar refractivity (Wildman–Crippen MR) is 166 cm³/mol. The van der Waals surface area contributed by atoms with E-state index in [2.05, 4.69) is 72.5 Å². The Morgan fingerprint density at radius 3 is 1.76 bits per heavy atom. The number of carboxylic acids is 1. The van der Waals surface area contributed by atoms with Crippen molar-refractivity contribution in [1.82, 2.24) is 15.3 Å². The average molecular weight is 556 g/mol. The highest BCUT2D eigenvalue weighted by Gasteiger charge is 2.22. The lowest BCUT2D eigenvalue weighted by Crippen LogP contribution is -2.42. The molecule has 5 aromatic rings. The van der Waals surface area contributed by atoms with Gasteiger partial charge >= 0.3 is 5.97 Å². The summed E-state index contributed by atoms with van der Waals surface area (Å²) in [5.74, 6) is -0.926. The van der Waals surface area contributed by atoms with Gasteiger partial charge in [-0.05, 0) is 45.4 Å². The zero-order valence-corrected chi connectivity index (χ0v) is 23.9. The number of benzene rings is 4. The smallest absolute Gasteiger partial charge is 0.326 e. The van der Waals surface area contributed by atoms with Gasteiger partial charge in [-0.1, -0.05) is 112 Å². The van der Waals surface area contributed by atoms with E-state index in [9.17, 15) is 14.7 Å². The third-order valence-corrected chi connectivity index (χ3v) is 7.25. The van der Waals surface area contributed by atoms with Crippen molar-refractivity contribution in [2.45, 2.75) is 38.6 Å². The molecule has 6 heteroatoms. The Balaban J connectivity index is 1.22. The van der Waals surface area contributed by atoms with Crippen LogP contribution in [0.4, 0.5) is 0 Å². The lowest BCUT2D eigenvalue weighted by Gasteiger charge is -2.19. The van der Waals surface area contributed by atoms with Gasteiger partial charge in [0.1, 0.15) is 6.04 Å². The highest BCUT2D eigenvalue weighted by molar-refractivity contribution is 5.96. The average Bonchev–Trinajstić information content (AvgIpc) is 3.01. The number of carboxylic acid groups (broad SMARTS) is 1. The van der Waals surface area contributed by atoms with Gasteiger partial charge in [0, 0.05) is 35.5 Å². The SMILES string of the molecule is CC(C)(C)c1ccc(C(=O)NC(Cc2ccc(-c3ncc(-c4ccc(-c5ccccc5)cc4)cn3)cc2)C(=O)O)cc1. The molecule has 0 aliphatic heterocycles. The Morgan fingerprint density at radius 2 is 1.21 bits per heavy atom. The maximum Gasteiger partial charge on any atom is 0.326 e. The highest BCUT2D eigenvalue weighted by atomic mass is 16.4. The van der Waals surface area contributed by atoms with Gasteiger partial charge in [-0.3, -0.25) is 4.79 Å². The van der Waals surface area contributed by atoms with Crippen LogP contribution in [-0.2, 0) is 16.6 Å². The van der Waals surface area contributed by atoms with Crippen LogP contribution in [0.5, 0.6) is 0 Å². The molecule has 1 unspecified atom stereocenters. The summed E-state index contributed by atoms with van der Waals surface area (Å²) in [5.41, 5.74) is 7.36. The minimum absolute atomic E-state index is 0.0348. The first-order valence-electron chi connectivity index (χ1n) is 13.9. The van der Waals surface area contributed by atoms with Crippen LogP contribution in [0, 0.1) is 0 Å². The second-order valence-electron chi connectivity index (χ2n) is 11.3. The summed E-state index contributed by atoms with van der Waals surface area (Å²) in [4.78, 5) is 33.8. The molecule has 0 saturated heterocycles. The topological polar surface area (TPSA) is 92.2 Å². The van der Waals surface area contributed by atoms with E-state index in [1.165, 1.54) is 5.56 Å². The second-order valence-corrected chi connectivity index (χ2v) is 11.3. The van der Waals surface area contributed by atoms with Gasteiger partial charge in [0.05, 0.1) is 0 Å². The van der Waals surface area contributed by atoms with E-state index in [0.717, 1.165) is 33.4 Å². The second kappa shape index (κ2) is 12.2. The standard InChI is InChI=1S/C36H33N3O3/c1-36(2,3)31-19-17-29(18-20-31)34(40)39-32(35(41)42)21-24-9-11-28(12-10-24)33-37-22-30(23-38-33)27-15-13-26(14-16-27)25-7-5-4-6-8-25/h4-20,22-23,32H,21H2,1-3H3,(H,39,40)(H,41,42). The molecular weight excluding hydrogens is 522 g/mol. The quantitative estimate of drug-likeness (QED) is 0.211. The van der Waals surface area contributed by atoms with E-state index in [-0.39, 0.29) is 11.8 Å². The van der Waals surface area contributed by atoms with Crippen molar-refractivity contribution in [1.29, 1.82) is 0 Å². The zero-order chi connectivity index (χ0) is 29.7. The highest BCUT2D eigenvalue weighted by Crippen LogP contribution is 2.26. The number of aliphatic carboxylic acids is 1. The maximum absolute atomic E-state index is 12.8. The normalized spacial score (nSPS) is 12.0. The molecule has 1 heterocycles. The molecule has 4 aromatic carbocycles. The summed E-state index contributed by atoms with van der Waals surface area (Å²) in [5, 5.41) is 12.4. The first-order chi connectivity index (χ1) is 20.2. The Bertz CT molecular complexity index is 1660. The minimum atomic E-state index is -1.09. The molecule has 5 rings (SSSR count). The Labute approximate surface area is 246 Å². The number of hydrogen-bond donors (Lipinski definition) is 2. The molecule has 0 bridgehead atoms. The Kier molecular flexibility index (Phi) is 8.25. The van der Waals surface area contributed by atoms with Crippen LogP contribution in [0.2, 0.25) is 0 Å². The largest absolute Gasteiger partial charge is 0.480 e. The molecule has 2 N–H and O–H groups in total. The van der Waals surface area contributed by atoms with E-state index in [1.54, 1.807) is 24.5 Å². The summed E-state index contributed by atoms with van der Waals surface area (Å²) in [6.07, 6.45) is 3.76. The van der Waals surface area contributed by atoms with Crippen molar-refractivity contribution >= 4 is 11.9 Å². The van der Waals surface area contributed by atoms with Crippen molar-refractivity contribution in [3.8, 4) is 33.6 Å². The van der Waals surface area contributed by atoms with Gasteiger partial charge in [0.2, 0.25) is 0 Å². The molecule has 6 nitrogen and oxygen atoms in total. The Morgan fingerprint density at radius 1 is 0.690 bits per heavy atom. The molecule has 42 heavy (non-hydrogen) atoms.